The van der Waals surface area contributed by atoms with Crippen molar-refractivity contribution >= 4 is 33.9 Å². The molecular formula is C19H16FN3O. The number of aromatic nitrogens is 2. The molecule has 0 fully saturated rings. The van der Waals surface area contributed by atoms with Gasteiger partial charge in [0.05, 0.1) is 5.52 Å². The SMILES string of the molecule is Cc1cc2cc(F)ccc2[nH]1.O=CNc1cccc2ncccc12. The molecule has 0 saturated carbocycles. The lowest BCUT2D eigenvalue weighted by Crippen LogP contribution is -1.94. The maximum absolute atomic E-state index is 12.6. The van der Waals surface area contributed by atoms with E-state index in [1.807, 2.05) is 43.3 Å². The number of halogens is 1. The Hall–Kier alpha value is -3.21. The van der Waals surface area contributed by atoms with Crippen LogP contribution in [-0.2, 0) is 4.79 Å². The van der Waals surface area contributed by atoms with Crippen molar-refractivity contribution in [3.63, 3.8) is 0 Å². The number of rotatable bonds is 2. The van der Waals surface area contributed by atoms with Gasteiger partial charge in [0, 0.05) is 33.9 Å². The van der Waals surface area contributed by atoms with E-state index in [1.165, 1.54) is 12.1 Å². The number of hydrogen-bond acceptors (Lipinski definition) is 2. The lowest BCUT2D eigenvalue weighted by molar-refractivity contribution is -0.105. The molecule has 0 radical (unpaired) electrons. The normalized spacial score (nSPS) is 10.2. The van der Waals surface area contributed by atoms with E-state index in [2.05, 4.69) is 15.3 Å². The summed E-state index contributed by atoms with van der Waals surface area (Å²) in [6, 6.07) is 16.0. The number of fused-ring (bicyclic) bond motifs is 2. The van der Waals surface area contributed by atoms with Gasteiger partial charge in [-0.2, -0.15) is 0 Å². The molecule has 2 aromatic heterocycles. The molecule has 0 bridgehead atoms. The van der Waals surface area contributed by atoms with Gasteiger partial charge >= 0.3 is 0 Å². The predicted molar refractivity (Wildman–Crippen MR) is 94.4 cm³/mol. The molecule has 2 heterocycles. The molecule has 4 aromatic rings. The van der Waals surface area contributed by atoms with Crippen LogP contribution in [0.1, 0.15) is 5.69 Å². The molecule has 0 aliphatic rings. The van der Waals surface area contributed by atoms with Crippen LogP contribution in [0.4, 0.5) is 10.1 Å². The summed E-state index contributed by atoms with van der Waals surface area (Å²) in [6.07, 6.45) is 2.40. The van der Waals surface area contributed by atoms with Crippen LogP contribution in [0.15, 0.2) is 60.8 Å². The largest absolute Gasteiger partial charge is 0.359 e. The minimum absolute atomic E-state index is 0.184. The van der Waals surface area contributed by atoms with Gasteiger partial charge in [-0.05, 0) is 55.5 Å². The summed E-state index contributed by atoms with van der Waals surface area (Å²) in [6.45, 7) is 1.96. The molecule has 0 atom stereocenters. The van der Waals surface area contributed by atoms with Crippen molar-refractivity contribution in [2.75, 3.05) is 5.32 Å². The number of nitrogens with one attached hydrogen (secondary N) is 2. The smallest absolute Gasteiger partial charge is 0.211 e. The van der Waals surface area contributed by atoms with Crippen LogP contribution in [0.5, 0.6) is 0 Å². The Labute approximate surface area is 138 Å². The molecule has 1 amide bonds. The topological polar surface area (TPSA) is 57.8 Å². The fourth-order valence-corrected chi connectivity index (χ4v) is 2.54. The Balaban J connectivity index is 0.000000143. The summed E-state index contributed by atoms with van der Waals surface area (Å²) in [4.78, 5) is 17.6. The Bertz CT molecular complexity index is 989. The molecule has 5 heteroatoms. The van der Waals surface area contributed by atoms with Crippen LogP contribution < -0.4 is 5.32 Å². The van der Waals surface area contributed by atoms with Crippen molar-refractivity contribution in [3.8, 4) is 0 Å². The number of amides is 1. The van der Waals surface area contributed by atoms with E-state index in [4.69, 9.17) is 0 Å². The highest BCUT2D eigenvalue weighted by atomic mass is 19.1. The third-order valence-electron chi connectivity index (χ3n) is 3.58. The number of aromatic amines is 1. The lowest BCUT2D eigenvalue weighted by atomic mass is 10.2. The second-order valence-electron chi connectivity index (χ2n) is 5.32. The number of H-pyrrole nitrogens is 1. The van der Waals surface area contributed by atoms with E-state index < -0.39 is 0 Å². The number of pyridine rings is 1. The molecule has 120 valence electrons. The van der Waals surface area contributed by atoms with Gasteiger partial charge in [0.1, 0.15) is 5.82 Å². The molecule has 4 rings (SSSR count). The van der Waals surface area contributed by atoms with Crippen LogP contribution in [-0.4, -0.2) is 16.4 Å². The number of aryl methyl sites for hydroxylation is 1. The first kappa shape index (κ1) is 15.7. The van der Waals surface area contributed by atoms with Gasteiger partial charge in [-0.1, -0.05) is 6.07 Å². The van der Waals surface area contributed by atoms with E-state index in [1.54, 1.807) is 12.3 Å². The highest BCUT2D eigenvalue weighted by Gasteiger charge is 1.98. The van der Waals surface area contributed by atoms with E-state index in [-0.39, 0.29) is 5.82 Å². The first-order valence-corrected chi connectivity index (χ1v) is 7.46. The Morgan fingerprint density at radius 2 is 2.00 bits per heavy atom. The minimum Gasteiger partial charge on any atom is -0.359 e. The van der Waals surface area contributed by atoms with Gasteiger partial charge in [0.25, 0.3) is 0 Å². The van der Waals surface area contributed by atoms with Crippen molar-refractivity contribution in [3.05, 3.63) is 72.3 Å². The van der Waals surface area contributed by atoms with Crippen molar-refractivity contribution in [2.45, 2.75) is 6.92 Å². The zero-order valence-electron chi connectivity index (χ0n) is 13.1. The highest BCUT2D eigenvalue weighted by Crippen LogP contribution is 2.20. The average molecular weight is 321 g/mol. The summed E-state index contributed by atoms with van der Waals surface area (Å²) < 4.78 is 12.6. The zero-order valence-corrected chi connectivity index (χ0v) is 13.1. The van der Waals surface area contributed by atoms with Crippen LogP contribution in [0.2, 0.25) is 0 Å². The number of nitrogens with zero attached hydrogens (tertiary/aromatic N) is 1. The molecule has 0 aliphatic carbocycles. The standard InChI is InChI=1S/C10H8N2O.C9H8FN/c13-7-12-10-5-1-4-9-8(10)3-2-6-11-9;1-6-4-7-5-8(10)2-3-9(7)11-6/h1-7H,(H,12,13);2-5,11H,1H3. The number of anilines is 1. The van der Waals surface area contributed by atoms with Crippen molar-refractivity contribution in [1.29, 1.82) is 0 Å². The average Bonchev–Trinajstić information content (AvgIpc) is 2.95. The van der Waals surface area contributed by atoms with Gasteiger partial charge in [-0.3, -0.25) is 9.78 Å². The predicted octanol–water partition coefficient (Wildman–Crippen LogP) is 4.42. The highest BCUT2D eigenvalue weighted by molar-refractivity contribution is 5.95. The van der Waals surface area contributed by atoms with Gasteiger partial charge in [0.15, 0.2) is 0 Å². The molecule has 2 aromatic carbocycles. The number of carbonyl (C=O) groups excluding carboxylic acids is 1. The molecule has 4 nitrogen and oxygen atoms in total. The first-order chi connectivity index (χ1) is 11.7. The zero-order chi connectivity index (χ0) is 16.9. The Morgan fingerprint density at radius 1 is 1.12 bits per heavy atom. The lowest BCUT2D eigenvalue weighted by Gasteiger charge is -2.02. The van der Waals surface area contributed by atoms with Gasteiger partial charge in [-0.15, -0.1) is 0 Å². The molecule has 0 saturated heterocycles. The van der Waals surface area contributed by atoms with Crippen LogP contribution >= 0.6 is 0 Å². The van der Waals surface area contributed by atoms with Crippen molar-refractivity contribution in [1.82, 2.24) is 9.97 Å². The maximum atomic E-state index is 12.6. The van der Waals surface area contributed by atoms with E-state index in [0.29, 0.717) is 6.41 Å². The van der Waals surface area contributed by atoms with Gasteiger partial charge in [-0.25, -0.2) is 4.39 Å². The molecule has 2 N–H and O–H groups in total. The van der Waals surface area contributed by atoms with E-state index >= 15 is 0 Å². The van der Waals surface area contributed by atoms with E-state index in [9.17, 15) is 9.18 Å². The fourth-order valence-electron chi connectivity index (χ4n) is 2.54. The summed E-state index contributed by atoms with van der Waals surface area (Å²) in [5.74, 6) is -0.184. The van der Waals surface area contributed by atoms with Crippen molar-refractivity contribution in [2.24, 2.45) is 0 Å². The summed E-state index contributed by atoms with van der Waals surface area (Å²) in [7, 11) is 0. The van der Waals surface area contributed by atoms with Crippen LogP contribution in [0.3, 0.4) is 0 Å². The van der Waals surface area contributed by atoms with Crippen molar-refractivity contribution < 1.29 is 9.18 Å². The molecule has 24 heavy (non-hydrogen) atoms. The third-order valence-corrected chi connectivity index (χ3v) is 3.58. The molecule has 0 unspecified atom stereocenters. The third kappa shape index (κ3) is 3.41. The Morgan fingerprint density at radius 3 is 2.83 bits per heavy atom. The maximum Gasteiger partial charge on any atom is 0.211 e. The molecule has 0 aliphatic heterocycles. The first-order valence-electron chi connectivity index (χ1n) is 7.46. The van der Waals surface area contributed by atoms with Gasteiger partial charge in [0.2, 0.25) is 6.41 Å². The second-order valence-corrected chi connectivity index (χ2v) is 5.32. The molecule has 0 spiro atoms. The number of hydrogen-bond donors (Lipinski definition) is 2. The fraction of sp³-hybridized carbons (Fsp3) is 0.0526. The van der Waals surface area contributed by atoms with Crippen LogP contribution in [0.25, 0.3) is 21.8 Å². The minimum atomic E-state index is -0.184. The Kier molecular flexibility index (Phi) is 4.52. The monoisotopic (exact) mass is 321 g/mol. The van der Waals surface area contributed by atoms with Crippen LogP contribution in [0, 0.1) is 12.7 Å². The quantitative estimate of drug-likeness (QED) is 0.537. The molecular weight excluding hydrogens is 305 g/mol. The summed E-state index contributed by atoms with van der Waals surface area (Å²) in [5.41, 5.74) is 3.73. The van der Waals surface area contributed by atoms with E-state index in [0.717, 1.165) is 33.2 Å². The summed E-state index contributed by atoms with van der Waals surface area (Å²) >= 11 is 0. The second kappa shape index (κ2) is 6.91. The summed E-state index contributed by atoms with van der Waals surface area (Å²) in [5, 5.41) is 4.52. The number of benzene rings is 2. The number of carbonyl (C=O) groups is 1. The van der Waals surface area contributed by atoms with Gasteiger partial charge < -0.3 is 10.3 Å².